The number of benzene rings is 1. The lowest BCUT2D eigenvalue weighted by Gasteiger charge is -2.20. The summed E-state index contributed by atoms with van der Waals surface area (Å²) in [5.41, 5.74) is -0.982. The molecule has 0 radical (unpaired) electrons. The van der Waals surface area contributed by atoms with Gasteiger partial charge < -0.3 is 10.6 Å². The second kappa shape index (κ2) is 6.42. The predicted octanol–water partition coefficient (Wildman–Crippen LogP) is 2.45. The van der Waals surface area contributed by atoms with Crippen molar-refractivity contribution in [2.45, 2.75) is 32.7 Å². The van der Waals surface area contributed by atoms with E-state index in [1.54, 1.807) is 0 Å². The molecule has 110 valence electrons. The van der Waals surface area contributed by atoms with Gasteiger partial charge in [-0.1, -0.05) is 6.07 Å². The van der Waals surface area contributed by atoms with Gasteiger partial charge in [0.25, 0.3) is 5.69 Å². The quantitative estimate of drug-likeness (QED) is 0.642. The van der Waals surface area contributed by atoms with E-state index in [1.807, 2.05) is 20.8 Å². The van der Waals surface area contributed by atoms with Gasteiger partial charge >= 0.3 is 0 Å². The molecule has 0 bridgehead atoms. The standard InChI is InChI=1S/C13H18FN3O3/c1-13(2,3)15-8-7-11(18)16-12-9(14)5-4-6-10(12)17(19)20/h4-6,15H,7-8H2,1-3H3,(H,16,18). The molecule has 1 rings (SSSR count). The molecule has 0 saturated heterocycles. The Balaban J connectivity index is 2.69. The van der Waals surface area contributed by atoms with Crippen molar-refractivity contribution in [1.82, 2.24) is 5.32 Å². The van der Waals surface area contributed by atoms with E-state index in [9.17, 15) is 19.3 Å². The van der Waals surface area contributed by atoms with Crippen molar-refractivity contribution in [3.05, 3.63) is 34.1 Å². The van der Waals surface area contributed by atoms with Crippen LogP contribution in [0.2, 0.25) is 0 Å². The van der Waals surface area contributed by atoms with Crippen molar-refractivity contribution in [3.63, 3.8) is 0 Å². The number of hydrogen-bond acceptors (Lipinski definition) is 4. The van der Waals surface area contributed by atoms with Crippen molar-refractivity contribution in [2.75, 3.05) is 11.9 Å². The molecule has 6 nitrogen and oxygen atoms in total. The first-order chi connectivity index (χ1) is 9.20. The third kappa shape index (κ3) is 4.93. The highest BCUT2D eigenvalue weighted by molar-refractivity contribution is 5.93. The van der Waals surface area contributed by atoms with Gasteiger partial charge in [-0.15, -0.1) is 0 Å². The minimum absolute atomic E-state index is 0.1000. The highest BCUT2D eigenvalue weighted by Crippen LogP contribution is 2.26. The van der Waals surface area contributed by atoms with Crippen molar-refractivity contribution in [1.29, 1.82) is 0 Å². The predicted molar refractivity (Wildman–Crippen MR) is 74.1 cm³/mol. The highest BCUT2D eigenvalue weighted by Gasteiger charge is 2.19. The molecule has 0 aliphatic heterocycles. The average molecular weight is 283 g/mol. The lowest BCUT2D eigenvalue weighted by atomic mass is 10.1. The highest BCUT2D eigenvalue weighted by atomic mass is 19.1. The van der Waals surface area contributed by atoms with Gasteiger partial charge in [-0.3, -0.25) is 14.9 Å². The Morgan fingerprint density at radius 3 is 2.60 bits per heavy atom. The van der Waals surface area contributed by atoms with Crippen LogP contribution in [0.1, 0.15) is 27.2 Å². The van der Waals surface area contributed by atoms with Crippen molar-refractivity contribution < 1.29 is 14.1 Å². The number of nitro groups is 1. The van der Waals surface area contributed by atoms with Crippen LogP contribution in [0.5, 0.6) is 0 Å². The van der Waals surface area contributed by atoms with E-state index in [0.717, 1.165) is 12.1 Å². The lowest BCUT2D eigenvalue weighted by molar-refractivity contribution is -0.384. The normalized spacial score (nSPS) is 11.2. The number of nitrogens with one attached hydrogen (secondary N) is 2. The van der Waals surface area contributed by atoms with Crippen LogP contribution in [-0.2, 0) is 4.79 Å². The molecule has 0 atom stereocenters. The Kier molecular flexibility index (Phi) is 5.15. The first-order valence-electron chi connectivity index (χ1n) is 6.18. The summed E-state index contributed by atoms with van der Waals surface area (Å²) in [6.07, 6.45) is 0.1000. The molecule has 0 saturated carbocycles. The van der Waals surface area contributed by atoms with Gasteiger partial charge in [-0.05, 0) is 26.8 Å². The average Bonchev–Trinajstić information content (AvgIpc) is 2.29. The zero-order valence-electron chi connectivity index (χ0n) is 11.7. The molecular weight excluding hydrogens is 265 g/mol. The molecule has 1 aromatic carbocycles. The number of halogens is 1. The molecule has 7 heteroatoms. The van der Waals surface area contributed by atoms with E-state index in [4.69, 9.17) is 0 Å². The summed E-state index contributed by atoms with van der Waals surface area (Å²) in [7, 11) is 0. The first-order valence-corrected chi connectivity index (χ1v) is 6.18. The zero-order chi connectivity index (χ0) is 15.3. The van der Waals surface area contributed by atoms with Crippen molar-refractivity contribution in [2.24, 2.45) is 0 Å². The van der Waals surface area contributed by atoms with E-state index in [0.29, 0.717) is 6.54 Å². The van der Waals surface area contributed by atoms with Gasteiger partial charge in [0.05, 0.1) is 4.92 Å². The number of carbonyl (C=O) groups excluding carboxylic acids is 1. The molecule has 0 unspecified atom stereocenters. The van der Waals surface area contributed by atoms with Crippen molar-refractivity contribution in [3.8, 4) is 0 Å². The van der Waals surface area contributed by atoms with Crippen molar-refractivity contribution >= 4 is 17.3 Å². The fraction of sp³-hybridized carbons (Fsp3) is 0.462. The van der Waals surface area contributed by atoms with Crippen LogP contribution in [0, 0.1) is 15.9 Å². The summed E-state index contributed by atoms with van der Waals surface area (Å²) in [6, 6.07) is 3.44. The summed E-state index contributed by atoms with van der Waals surface area (Å²) < 4.78 is 13.5. The summed E-state index contributed by atoms with van der Waals surface area (Å²) in [5.74, 6) is -1.30. The topological polar surface area (TPSA) is 84.3 Å². The van der Waals surface area contributed by atoms with Crippen LogP contribution in [0.4, 0.5) is 15.8 Å². The second-order valence-corrected chi connectivity index (χ2v) is 5.37. The van der Waals surface area contributed by atoms with E-state index in [-0.39, 0.29) is 12.0 Å². The maximum absolute atomic E-state index is 13.5. The summed E-state index contributed by atoms with van der Waals surface area (Å²) in [5, 5.41) is 16.1. The molecule has 0 heterocycles. The van der Waals surface area contributed by atoms with E-state index >= 15 is 0 Å². The summed E-state index contributed by atoms with van der Waals surface area (Å²) >= 11 is 0. The summed E-state index contributed by atoms with van der Waals surface area (Å²) in [4.78, 5) is 21.7. The lowest BCUT2D eigenvalue weighted by Crippen LogP contribution is -2.37. The number of amides is 1. The number of hydrogen-bond donors (Lipinski definition) is 2. The van der Waals surface area contributed by atoms with Crippen LogP contribution in [0.25, 0.3) is 0 Å². The maximum atomic E-state index is 13.5. The molecule has 0 aromatic heterocycles. The minimum Gasteiger partial charge on any atom is -0.318 e. The largest absolute Gasteiger partial charge is 0.318 e. The Hall–Kier alpha value is -2.02. The minimum atomic E-state index is -0.823. The third-order valence-corrected chi connectivity index (χ3v) is 2.46. The second-order valence-electron chi connectivity index (χ2n) is 5.37. The molecule has 0 spiro atoms. The van der Waals surface area contributed by atoms with E-state index in [1.165, 1.54) is 6.07 Å². The van der Waals surface area contributed by atoms with Crippen LogP contribution in [0.15, 0.2) is 18.2 Å². The van der Waals surface area contributed by atoms with Crippen LogP contribution in [-0.4, -0.2) is 22.9 Å². The van der Waals surface area contributed by atoms with Gasteiger partial charge in [0.2, 0.25) is 5.91 Å². The Bertz CT molecular complexity index is 512. The molecule has 0 fully saturated rings. The van der Waals surface area contributed by atoms with Gasteiger partial charge in [0, 0.05) is 24.6 Å². The van der Waals surface area contributed by atoms with E-state index in [2.05, 4.69) is 10.6 Å². The number of nitro benzene ring substituents is 1. The molecule has 1 amide bonds. The van der Waals surface area contributed by atoms with Gasteiger partial charge in [0.15, 0.2) is 11.5 Å². The fourth-order valence-electron chi connectivity index (χ4n) is 1.54. The first kappa shape index (κ1) is 16.0. The number of para-hydroxylation sites is 1. The molecule has 2 N–H and O–H groups in total. The molecule has 20 heavy (non-hydrogen) atoms. The van der Waals surface area contributed by atoms with Gasteiger partial charge in [-0.2, -0.15) is 0 Å². The fourth-order valence-corrected chi connectivity index (χ4v) is 1.54. The molecular formula is C13H18FN3O3. The number of rotatable bonds is 5. The van der Waals surface area contributed by atoms with Gasteiger partial charge in [-0.25, -0.2) is 4.39 Å². The van der Waals surface area contributed by atoms with Crippen LogP contribution in [0.3, 0.4) is 0 Å². The monoisotopic (exact) mass is 283 g/mol. The third-order valence-electron chi connectivity index (χ3n) is 2.46. The smallest absolute Gasteiger partial charge is 0.295 e. The molecule has 0 aliphatic carbocycles. The zero-order valence-corrected chi connectivity index (χ0v) is 11.7. The van der Waals surface area contributed by atoms with Crippen LogP contribution >= 0.6 is 0 Å². The number of carbonyl (C=O) groups is 1. The van der Waals surface area contributed by atoms with Gasteiger partial charge in [0.1, 0.15) is 0 Å². The Morgan fingerprint density at radius 2 is 2.05 bits per heavy atom. The summed E-state index contributed by atoms with van der Waals surface area (Å²) in [6.45, 7) is 6.25. The number of nitrogens with zero attached hydrogens (tertiary/aromatic N) is 1. The Labute approximate surface area is 116 Å². The Morgan fingerprint density at radius 1 is 1.40 bits per heavy atom. The van der Waals surface area contributed by atoms with E-state index < -0.39 is 28.0 Å². The van der Waals surface area contributed by atoms with Crippen LogP contribution < -0.4 is 10.6 Å². The number of anilines is 1. The molecule has 1 aromatic rings. The SMILES string of the molecule is CC(C)(C)NCCC(=O)Nc1c(F)cccc1[N+](=O)[O-]. The molecule has 0 aliphatic rings. The maximum Gasteiger partial charge on any atom is 0.295 e.